The van der Waals surface area contributed by atoms with Gasteiger partial charge in [-0.25, -0.2) is 9.79 Å². The highest BCUT2D eigenvalue weighted by molar-refractivity contribution is 14.1. The van der Waals surface area contributed by atoms with E-state index in [1.54, 1.807) is 31.4 Å². The van der Waals surface area contributed by atoms with Gasteiger partial charge in [0.25, 0.3) is 0 Å². The van der Waals surface area contributed by atoms with Crippen molar-refractivity contribution in [3.05, 3.63) is 96.2 Å². The molecule has 0 unspecified atom stereocenters. The van der Waals surface area contributed by atoms with Crippen LogP contribution < -0.4 is 9.47 Å². The lowest BCUT2D eigenvalue weighted by molar-refractivity contribution is -0.129. The highest BCUT2D eigenvalue weighted by Crippen LogP contribution is 2.36. The average Bonchev–Trinajstić information content (AvgIpc) is 3.15. The van der Waals surface area contributed by atoms with E-state index in [4.69, 9.17) is 37.4 Å². The molecule has 1 aliphatic heterocycles. The summed E-state index contributed by atoms with van der Waals surface area (Å²) in [5.74, 6) is 0.904. The van der Waals surface area contributed by atoms with Crippen molar-refractivity contribution in [3.8, 4) is 11.5 Å². The fourth-order valence-electron chi connectivity index (χ4n) is 3.13. The van der Waals surface area contributed by atoms with E-state index < -0.39 is 5.97 Å². The van der Waals surface area contributed by atoms with Crippen molar-refractivity contribution in [1.82, 2.24) is 0 Å². The molecule has 0 saturated carbocycles. The second-order valence-electron chi connectivity index (χ2n) is 7.27. The summed E-state index contributed by atoms with van der Waals surface area (Å²) >= 11 is 14.2. The Bertz CT molecular complexity index is 1290. The van der Waals surface area contributed by atoms with Crippen LogP contribution in [0.25, 0.3) is 6.08 Å². The maximum absolute atomic E-state index is 12.4. The third-order valence-corrected chi connectivity index (χ3v) is 6.38. The Hall–Kier alpha value is -2.55. The predicted molar refractivity (Wildman–Crippen MR) is 138 cm³/mol. The molecular formula is C25H18Cl2INO4. The molecule has 0 N–H and O–H groups in total. The number of hydrogen-bond donors (Lipinski definition) is 0. The van der Waals surface area contributed by atoms with Gasteiger partial charge in [0.2, 0.25) is 5.90 Å². The third-order valence-electron chi connectivity index (χ3n) is 4.84. The van der Waals surface area contributed by atoms with Gasteiger partial charge in [-0.3, -0.25) is 0 Å². The Kier molecular flexibility index (Phi) is 7.26. The van der Waals surface area contributed by atoms with E-state index >= 15 is 0 Å². The molecule has 33 heavy (non-hydrogen) atoms. The number of cyclic esters (lactones) is 1. The molecular weight excluding hydrogens is 576 g/mol. The number of ether oxygens (including phenoxy) is 3. The van der Waals surface area contributed by atoms with Crippen LogP contribution in [0, 0.1) is 10.5 Å². The summed E-state index contributed by atoms with van der Waals surface area (Å²) in [5.41, 5.74) is 3.69. The molecule has 0 aromatic heterocycles. The van der Waals surface area contributed by atoms with Crippen LogP contribution in [0.4, 0.5) is 0 Å². The van der Waals surface area contributed by atoms with Gasteiger partial charge in [0.05, 0.1) is 20.7 Å². The fourth-order valence-corrected chi connectivity index (χ4v) is 4.24. The first-order valence-electron chi connectivity index (χ1n) is 9.88. The number of aryl methyl sites for hydroxylation is 1. The van der Waals surface area contributed by atoms with Crippen LogP contribution in [0.1, 0.15) is 22.3 Å². The Morgan fingerprint density at radius 3 is 2.52 bits per heavy atom. The van der Waals surface area contributed by atoms with Gasteiger partial charge in [-0.05, 0) is 83.1 Å². The van der Waals surface area contributed by atoms with E-state index in [0.29, 0.717) is 28.2 Å². The molecule has 3 aromatic rings. The highest BCUT2D eigenvalue weighted by atomic mass is 127. The third kappa shape index (κ3) is 5.51. The summed E-state index contributed by atoms with van der Waals surface area (Å²) in [5, 5.41) is 0.957. The van der Waals surface area contributed by atoms with Gasteiger partial charge in [-0.1, -0.05) is 47.0 Å². The van der Waals surface area contributed by atoms with E-state index in [2.05, 4.69) is 27.6 Å². The number of rotatable bonds is 6. The van der Waals surface area contributed by atoms with Crippen LogP contribution in [0.5, 0.6) is 11.5 Å². The Morgan fingerprint density at radius 1 is 1.06 bits per heavy atom. The first-order chi connectivity index (χ1) is 15.8. The largest absolute Gasteiger partial charge is 0.493 e. The summed E-state index contributed by atoms with van der Waals surface area (Å²) < 4.78 is 17.7. The number of carbonyl (C=O) groups is 1. The molecule has 0 spiro atoms. The normalized spacial score (nSPS) is 14.3. The van der Waals surface area contributed by atoms with Crippen molar-refractivity contribution >= 4 is 63.7 Å². The highest BCUT2D eigenvalue weighted by Gasteiger charge is 2.24. The van der Waals surface area contributed by atoms with Crippen LogP contribution in [0.2, 0.25) is 10.0 Å². The number of nitrogens with zero attached hydrogens (tertiary/aromatic N) is 1. The second-order valence-corrected chi connectivity index (χ2v) is 9.25. The van der Waals surface area contributed by atoms with E-state index in [1.165, 1.54) is 0 Å². The topological polar surface area (TPSA) is 57.1 Å². The predicted octanol–water partition coefficient (Wildman–Crippen LogP) is 6.84. The van der Waals surface area contributed by atoms with Gasteiger partial charge in [0.15, 0.2) is 17.2 Å². The van der Waals surface area contributed by atoms with Gasteiger partial charge >= 0.3 is 5.97 Å². The van der Waals surface area contributed by atoms with Gasteiger partial charge in [-0.2, -0.15) is 0 Å². The van der Waals surface area contributed by atoms with Crippen molar-refractivity contribution in [1.29, 1.82) is 0 Å². The van der Waals surface area contributed by atoms with Crippen LogP contribution in [-0.2, 0) is 16.1 Å². The zero-order chi connectivity index (χ0) is 23.5. The first-order valence-corrected chi connectivity index (χ1v) is 11.7. The van der Waals surface area contributed by atoms with Gasteiger partial charge in [-0.15, -0.1) is 0 Å². The molecule has 0 aliphatic carbocycles. The molecule has 0 saturated heterocycles. The summed E-state index contributed by atoms with van der Waals surface area (Å²) in [6, 6.07) is 16.6. The lowest BCUT2D eigenvalue weighted by Gasteiger charge is -2.14. The maximum atomic E-state index is 12.4. The SMILES string of the molecule is COc1cc(/C=C2\N=C(c3ccc(C)cc3)OC2=O)cc(I)c1OCc1ccc(Cl)c(Cl)c1. The minimum atomic E-state index is -0.500. The zero-order valence-electron chi connectivity index (χ0n) is 17.7. The van der Waals surface area contributed by atoms with Gasteiger partial charge in [0.1, 0.15) is 6.61 Å². The van der Waals surface area contributed by atoms with Crippen molar-refractivity contribution in [2.24, 2.45) is 4.99 Å². The monoisotopic (exact) mass is 593 g/mol. The minimum Gasteiger partial charge on any atom is -0.493 e. The van der Waals surface area contributed by atoms with Crippen LogP contribution >= 0.6 is 45.8 Å². The molecule has 0 atom stereocenters. The van der Waals surface area contributed by atoms with Crippen LogP contribution in [0.3, 0.4) is 0 Å². The summed E-state index contributed by atoms with van der Waals surface area (Å²) in [4.78, 5) is 16.7. The smallest absolute Gasteiger partial charge is 0.363 e. The fraction of sp³-hybridized carbons (Fsp3) is 0.120. The Labute approximate surface area is 215 Å². The van der Waals surface area contributed by atoms with Gasteiger partial charge in [0, 0.05) is 5.56 Å². The molecule has 0 radical (unpaired) electrons. The Morgan fingerprint density at radius 2 is 1.82 bits per heavy atom. The quantitative estimate of drug-likeness (QED) is 0.178. The van der Waals surface area contributed by atoms with E-state index in [0.717, 1.165) is 25.8 Å². The molecule has 0 fully saturated rings. The number of esters is 1. The van der Waals surface area contributed by atoms with Crippen LogP contribution in [0.15, 0.2) is 65.3 Å². The van der Waals surface area contributed by atoms with Crippen LogP contribution in [-0.4, -0.2) is 19.0 Å². The number of aliphatic imine (C=N–C) groups is 1. The molecule has 1 aliphatic rings. The lowest BCUT2D eigenvalue weighted by Crippen LogP contribution is -2.05. The van der Waals surface area contributed by atoms with Gasteiger partial charge < -0.3 is 14.2 Å². The van der Waals surface area contributed by atoms with E-state index in [9.17, 15) is 4.79 Å². The number of carbonyl (C=O) groups excluding carboxylic acids is 1. The molecule has 0 bridgehead atoms. The summed E-state index contributed by atoms with van der Waals surface area (Å²) in [7, 11) is 1.56. The zero-order valence-corrected chi connectivity index (χ0v) is 21.4. The van der Waals surface area contributed by atoms with E-state index in [-0.39, 0.29) is 11.6 Å². The summed E-state index contributed by atoms with van der Waals surface area (Å²) in [6.45, 7) is 2.28. The first kappa shape index (κ1) is 23.6. The van der Waals surface area contributed by atoms with Crippen molar-refractivity contribution < 1.29 is 19.0 Å². The maximum Gasteiger partial charge on any atom is 0.363 e. The molecule has 8 heteroatoms. The van der Waals surface area contributed by atoms with E-state index in [1.807, 2.05) is 43.3 Å². The minimum absolute atomic E-state index is 0.216. The molecule has 5 nitrogen and oxygen atoms in total. The molecule has 3 aromatic carbocycles. The molecule has 0 amide bonds. The summed E-state index contributed by atoms with van der Waals surface area (Å²) in [6.07, 6.45) is 1.66. The van der Waals surface area contributed by atoms with Crippen molar-refractivity contribution in [2.45, 2.75) is 13.5 Å². The average molecular weight is 594 g/mol. The van der Waals surface area contributed by atoms with Crippen molar-refractivity contribution in [3.63, 3.8) is 0 Å². The number of benzene rings is 3. The number of halogens is 3. The second kappa shape index (κ2) is 10.2. The molecule has 168 valence electrons. The number of hydrogen-bond acceptors (Lipinski definition) is 5. The van der Waals surface area contributed by atoms with Crippen molar-refractivity contribution in [2.75, 3.05) is 7.11 Å². The number of methoxy groups -OCH3 is 1. The Balaban J connectivity index is 1.58. The molecule has 4 rings (SSSR count). The standard InChI is InChI=1S/C25H18Cl2INO4/c1-14-3-6-17(7-4-14)24-29-21(25(30)33-24)11-16-10-20(28)23(22(12-16)31-2)32-13-15-5-8-18(26)19(27)9-15/h3-12H,13H2,1-2H3/b21-11-. The lowest BCUT2D eigenvalue weighted by atomic mass is 10.1. The molecule has 1 heterocycles.